The van der Waals surface area contributed by atoms with Crippen LogP contribution < -0.4 is 11.1 Å². The number of aryl methyl sites for hydroxylation is 1. The van der Waals surface area contributed by atoms with Crippen molar-refractivity contribution in [2.24, 2.45) is 11.7 Å². The zero-order chi connectivity index (χ0) is 10.4. The van der Waals surface area contributed by atoms with Crippen LogP contribution in [0.15, 0.2) is 6.20 Å². The van der Waals surface area contributed by atoms with Crippen LogP contribution in [0.2, 0.25) is 0 Å². The van der Waals surface area contributed by atoms with E-state index in [4.69, 9.17) is 5.73 Å². The molecule has 0 aromatic carbocycles. The highest BCUT2D eigenvalue weighted by Gasteiger charge is 2.03. The Morgan fingerprint density at radius 1 is 1.64 bits per heavy atom. The molecule has 3 nitrogen and oxygen atoms in total. The van der Waals surface area contributed by atoms with Crippen LogP contribution in [0, 0.1) is 12.8 Å². The first-order valence-electron chi connectivity index (χ1n) is 5.08. The standard InChI is InChI=1S/C10H19N3S/c1-3-9(4-11)5-12-6-10-7-13-8(2)14-10/h7,9,12H,3-6,11H2,1-2H3. The van der Waals surface area contributed by atoms with Crippen molar-refractivity contribution < 1.29 is 0 Å². The van der Waals surface area contributed by atoms with Crippen molar-refractivity contribution in [3.63, 3.8) is 0 Å². The molecule has 0 aliphatic rings. The van der Waals surface area contributed by atoms with E-state index in [-0.39, 0.29) is 0 Å². The molecule has 0 aliphatic heterocycles. The first-order valence-corrected chi connectivity index (χ1v) is 5.90. The molecule has 1 rings (SSSR count). The van der Waals surface area contributed by atoms with E-state index < -0.39 is 0 Å². The number of hydrogen-bond acceptors (Lipinski definition) is 4. The molecule has 1 aromatic rings. The molecule has 4 heteroatoms. The number of rotatable bonds is 6. The maximum Gasteiger partial charge on any atom is 0.0897 e. The van der Waals surface area contributed by atoms with Gasteiger partial charge in [-0.15, -0.1) is 11.3 Å². The molecule has 0 saturated heterocycles. The first kappa shape index (κ1) is 11.6. The lowest BCUT2D eigenvalue weighted by Crippen LogP contribution is -2.27. The predicted molar refractivity (Wildman–Crippen MR) is 61.4 cm³/mol. The summed E-state index contributed by atoms with van der Waals surface area (Å²) in [7, 11) is 0. The van der Waals surface area contributed by atoms with Gasteiger partial charge in [-0.25, -0.2) is 4.98 Å². The molecule has 0 spiro atoms. The average Bonchev–Trinajstić information content (AvgIpc) is 2.59. The SMILES string of the molecule is CCC(CN)CNCc1cnc(C)s1. The minimum absolute atomic E-state index is 0.601. The number of aromatic nitrogens is 1. The fraction of sp³-hybridized carbons (Fsp3) is 0.700. The average molecular weight is 213 g/mol. The van der Waals surface area contributed by atoms with E-state index in [0.717, 1.165) is 31.1 Å². The van der Waals surface area contributed by atoms with Crippen LogP contribution in [-0.2, 0) is 6.54 Å². The van der Waals surface area contributed by atoms with Crippen LogP contribution >= 0.6 is 11.3 Å². The third-order valence-electron chi connectivity index (χ3n) is 2.31. The molecule has 0 bridgehead atoms. The topological polar surface area (TPSA) is 50.9 Å². The third-order valence-corrected chi connectivity index (χ3v) is 3.22. The number of hydrogen-bond donors (Lipinski definition) is 2. The van der Waals surface area contributed by atoms with Crippen LogP contribution in [0.1, 0.15) is 23.2 Å². The van der Waals surface area contributed by atoms with Crippen molar-refractivity contribution in [2.45, 2.75) is 26.8 Å². The molecular formula is C10H19N3S. The largest absolute Gasteiger partial charge is 0.330 e. The van der Waals surface area contributed by atoms with E-state index in [0.29, 0.717) is 5.92 Å². The summed E-state index contributed by atoms with van der Waals surface area (Å²) in [6, 6.07) is 0. The van der Waals surface area contributed by atoms with Gasteiger partial charge in [0.1, 0.15) is 0 Å². The van der Waals surface area contributed by atoms with E-state index in [1.807, 2.05) is 13.1 Å². The summed E-state index contributed by atoms with van der Waals surface area (Å²) in [5, 5.41) is 4.54. The van der Waals surface area contributed by atoms with Gasteiger partial charge in [-0.1, -0.05) is 13.3 Å². The maximum absolute atomic E-state index is 5.62. The van der Waals surface area contributed by atoms with E-state index in [2.05, 4.69) is 17.2 Å². The molecule has 80 valence electrons. The fourth-order valence-corrected chi connectivity index (χ4v) is 2.05. The molecule has 14 heavy (non-hydrogen) atoms. The van der Waals surface area contributed by atoms with Crippen molar-refractivity contribution in [1.82, 2.24) is 10.3 Å². The van der Waals surface area contributed by atoms with Crippen molar-refractivity contribution in [3.05, 3.63) is 16.1 Å². The second-order valence-corrected chi connectivity index (χ2v) is 4.81. The van der Waals surface area contributed by atoms with Gasteiger partial charge in [0, 0.05) is 17.6 Å². The number of nitrogens with two attached hydrogens (primary N) is 1. The lowest BCUT2D eigenvalue weighted by atomic mass is 10.1. The molecule has 0 radical (unpaired) electrons. The highest BCUT2D eigenvalue weighted by atomic mass is 32.1. The minimum atomic E-state index is 0.601. The summed E-state index contributed by atoms with van der Waals surface area (Å²) in [6.07, 6.45) is 3.08. The summed E-state index contributed by atoms with van der Waals surface area (Å²) in [6.45, 7) is 6.90. The van der Waals surface area contributed by atoms with Crippen molar-refractivity contribution >= 4 is 11.3 Å². The van der Waals surface area contributed by atoms with Crippen molar-refractivity contribution in [2.75, 3.05) is 13.1 Å². The molecule has 0 fully saturated rings. The molecule has 3 N–H and O–H groups in total. The Labute approximate surface area is 89.7 Å². The maximum atomic E-state index is 5.62. The Morgan fingerprint density at radius 2 is 2.43 bits per heavy atom. The zero-order valence-electron chi connectivity index (χ0n) is 8.92. The smallest absolute Gasteiger partial charge is 0.0897 e. The minimum Gasteiger partial charge on any atom is -0.330 e. The lowest BCUT2D eigenvalue weighted by Gasteiger charge is -2.12. The molecular weight excluding hydrogens is 194 g/mol. The molecule has 1 atom stereocenters. The Kier molecular flexibility index (Phi) is 5.07. The van der Waals surface area contributed by atoms with Crippen LogP contribution in [0.3, 0.4) is 0 Å². The summed E-state index contributed by atoms with van der Waals surface area (Å²) >= 11 is 1.75. The first-order chi connectivity index (χ1) is 6.76. The predicted octanol–water partition coefficient (Wildman–Crippen LogP) is 1.53. The van der Waals surface area contributed by atoms with Gasteiger partial charge >= 0.3 is 0 Å². The van der Waals surface area contributed by atoms with Gasteiger partial charge in [0.05, 0.1) is 5.01 Å². The van der Waals surface area contributed by atoms with Gasteiger partial charge in [-0.3, -0.25) is 0 Å². The zero-order valence-corrected chi connectivity index (χ0v) is 9.73. The number of nitrogens with one attached hydrogen (secondary N) is 1. The van der Waals surface area contributed by atoms with Crippen molar-refractivity contribution in [1.29, 1.82) is 0 Å². The highest BCUT2D eigenvalue weighted by Crippen LogP contribution is 2.10. The van der Waals surface area contributed by atoms with E-state index in [1.165, 1.54) is 4.88 Å². The summed E-state index contributed by atoms with van der Waals surface area (Å²) < 4.78 is 0. The Balaban J connectivity index is 2.21. The molecule has 0 aliphatic carbocycles. The van der Waals surface area contributed by atoms with Gasteiger partial charge in [0.25, 0.3) is 0 Å². The van der Waals surface area contributed by atoms with E-state index >= 15 is 0 Å². The Morgan fingerprint density at radius 3 is 2.93 bits per heavy atom. The molecule has 1 unspecified atom stereocenters. The van der Waals surface area contributed by atoms with Gasteiger partial charge < -0.3 is 11.1 Å². The lowest BCUT2D eigenvalue weighted by molar-refractivity contribution is 0.472. The Bertz CT molecular complexity index is 256. The van der Waals surface area contributed by atoms with Gasteiger partial charge in [-0.05, 0) is 25.9 Å². The summed E-state index contributed by atoms with van der Waals surface area (Å²) in [5.41, 5.74) is 5.62. The van der Waals surface area contributed by atoms with E-state index in [9.17, 15) is 0 Å². The number of thiazole rings is 1. The third kappa shape index (κ3) is 3.74. The molecule has 1 heterocycles. The second-order valence-electron chi connectivity index (χ2n) is 3.49. The summed E-state index contributed by atoms with van der Waals surface area (Å²) in [4.78, 5) is 5.51. The monoisotopic (exact) mass is 213 g/mol. The number of nitrogens with zero attached hydrogens (tertiary/aromatic N) is 1. The van der Waals surface area contributed by atoms with Gasteiger partial charge in [0.15, 0.2) is 0 Å². The summed E-state index contributed by atoms with van der Waals surface area (Å²) in [5.74, 6) is 0.601. The van der Waals surface area contributed by atoms with Crippen LogP contribution in [-0.4, -0.2) is 18.1 Å². The van der Waals surface area contributed by atoms with Crippen LogP contribution in [0.5, 0.6) is 0 Å². The molecule has 1 aromatic heterocycles. The fourth-order valence-electron chi connectivity index (χ4n) is 1.28. The van der Waals surface area contributed by atoms with Gasteiger partial charge in [0.2, 0.25) is 0 Å². The van der Waals surface area contributed by atoms with Crippen LogP contribution in [0.4, 0.5) is 0 Å². The Hall–Kier alpha value is -0.450. The van der Waals surface area contributed by atoms with E-state index in [1.54, 1.807) is 11.3 Å². The molecule has 0 saturated carbocycles. The van der Waals surface area contributed by atoms with Crippen LogP contribution in [0.25, 0.3) is 0 Å². The van der Waals surface area contributed by atoms with Gasteiger partial charge in [-0.2, -0.15) is 0 Å². The quantitative estimate of drug-likeness (QED) is 0.753. The molecule has 0 amide bonds. The second kappa shape index (κ2) is 6.11. The highest BCUT2D eigenvalue weighted by molar-refractivity contribution is 7.11. The van der Waals surface area contributed by atoms with Crippen molar-refractivity contribution in [3.8, 4) is 0 Å². The normalized spacial score (nSPS) is 13.1.